The van der Waals surface area contributed by atoms with Crippen molar-refractivity contribution in [2.24, 2.45) is 0 Å². The van der Waals surface area contributed by atoms with Crippen LogP contribution in [0.1, 0.15) is 45.6 Å². The Labute approximate surface area is 197 Å². The molecule has 0 saturated heterocycles. The number of fused-ring (bicyclic) bond motifs is 1. The van der Waals surface area contributed by atoms with Crippen LogP contribution < -0.4 is 5.32 Å². The molecular formula is C23H20BrN3O2S2. The first-order valence-corrected chi connectivity index (χ1v) is 12.5. The normalized spacial score (nSPS) is 13.4. The number of hydrogen-bond donors (Lipinski definition) is 1. The predicted octanol–water partition coefficient (Wildman–Crippen LogP) is 6.67. The minimum absolute atomic E-state index is 0.303. The highest BCUT2D eigenvalue weighted by molar-refractivity contribution is 9.10. The molecule has 1 aromatic carbocycles. The molecule has 2 heterocycles. The van der Waals surface area contributed by atoms with Gasteiger partial charge in [-0.25, -0.2) is 9.78 Å². The summed E-state index contributed by atoms with van der Waals surface area (Å²) in [6.07, 6.45) is 5.71. The molecule has 1 aliphatic carbocycles. The zero-order valence-corrected chi connectivity index (χ0v) is 20.1. The Morgan fingerprint density at radius 3 is 3.00 bits per heavy atom. The van der Waals surface area contributed by atoms with Crippen LogP contribution in [0.2, 0.25) is 0 Å². The van der Waals surface area contributed by atoms with Crippen molar-refractivity contribution in [3.05, 3.63) is 61.3 Å². The summed E-state index contributed by atoms with van der Waals surface area (Å²) in [7, 11) is 0. The molecule has 0 radical (unpaired) electrons. The second-order valence-electron chi connectivity index (χ2n) is 7.00. The number of nitrogens with zero attached hydrogens (tertiary/aromatic N) is 2. The summed E-state index contributed by atoms with van der Waals surface area (Å²) in [4.78, 5) is 18.5. The van der Waals surface area contributed by atoms with Crippen molar-refractivity contribution in [3.63, 3.8) is 0 Å². The first-order chi connectivity index (χ1) is 15.1. The number of benzene rings is 1. The molecule has 0 amide bonds. The lowest BCUT2D eigenvalue weighted by molar-refractivity contribution is 0.0526. The third-order valence-corrected chi connectivity index (χ3v) is 7.57. The van der Waals surface area contributed by atoms with Gasteiger partial charge < -0.3 is 10.1 Å². The fourth-order valence-corrected chi connectivity index (χ4v) is 5.98. The largest absolute Gasteiger partial charge is 0.462 e. The first kappa shape index (κ1) is 21.8. The van der Waals surface area contributed by atoms with Crippen molar-refractivity contribution in [3.8, 4) is 17.3 Å². The average Bonchev–Trinajstić information content (AvgIpc) is 3.39. The van der Waals surface area contributed by atoms with Crippen LogP contribution >= 0.6 is 38.6 Å². The molecule has 5 nitrogen and oxygen atoms in total. The summed E-state index contributed by atoms with van der Waals surface area (Å²) in [6, 6.07) is 10.1. The summed E-state index contributed by atoms with van der Waals surface area (Å²) in [6.45, 7) is 2.14. The van der Waals surface area contributed by atoms with Crippen molar-refractivity contribution >= 4 is 55.1 Å². The second kappa shape index (κ2) is 9.77. The standard InChI is InChI=1S/C23H20BrN3O2S2/c1-2-29-23(28)20-17-8-3-4-9-19(17)31-22(20)26-12-15(11-25)21-27-18(13-30-21)14-6-5-7-16(24)10-14/h5-7,10,12-13,26H,2-4,8-9H2,1H3. The maximum Gasteiger partial charge on any atom is 0.341 e. The van der Waals surface area contributed by atoms with Crippen molar-refractivity contribution in [1.82, 2.24) is 4.98 Å². The van der Waals surface area contributed by atoms with Gasteiger partial charge in [-0.3, -0.25) is 0 Å². The fraction of sp³-hybridized carbons (Fsp3) is 0.261. The Hall–Kier alpha value is -2.47. The molecule has 1 N–H and O–H groups in total. The summed E-state index contributed by atoms with van der Waals surface area (Å²) < 4.78 is 6.28. The number of aromatic nitrogens is 1. The predicted molar refractivity (Wildman–Crippen MR) is 129 cm³/mol. The Morgan fingerprint density at radius 2 is 2.23 bits per heavy atom. The van der Waals surface area contributed by atoms with E-state index in [4.69, 9.17) is 4.74 Å². The number of thiazole rings is 1. The number of carbonyl (C=O) groups excluding carboxylic acids is 1. The van der Waals surface area contributed by atoms with Crippen molar-refractivity contribution in [2.75, 3.05) is 11.9 Å². The van der Waals surface area contributed by atoms with E-state index in [9.17, 15) is 10.1 Å². The van der Waals surface area contributed by atoms with Crippen LogP contribution in [0.3, 0.4) is 0 Å². The van der Waals surface area contributed by atoms with Crippen LogP contribution in [0.25, 0.3) is 16.8 Å². The lowest BCUT2D eigenvalue weighted by atomic mass is 9.95. The van der Waals surface area contributed by atoms with E-state index >= 15 is 0 Å². The summed E-state index contributed by atoms with van der Waals surface area (Å²) >= 11 is 6.48. The molecule has 3 aromatic rings. The Kier molecular flexibility index (Phi) is 6.86. The van der Waals surface area contributed by atoms with Gasteiger partial charge in [-0.15, -0.1) is 22.7 Å². The van der Waals surface area contributed by atoms with E-state index in [0.717, 1.165) is 52.0 Å². The van der Waals surface area contributed by atoms with Crippen LogP contribution in [-0.2, 0) is 17.6 Å². The van der Waals surface area contributed by atoms with Gasteiger partial charge in [0.2, 0.25) is 0 Å². The number of allylic oxidation sites excluding steroid dienone is 1. The zero-order valence-electron chi connectivity index (χ0n) is 16.9. The first-order valence-electron chi connectivity index (χ1n) is 10.0. The van der Waals surface area contributed by atoms with Gasteiger partial charge in [0.1, 0.15) is 21.7 Å². The number of nitriles is 1. The molecule has 0 atom stereocenters. The number of thiophene rings is 1. The van der Waals surface area contributed by atoms with Crippen LogP contribution in [0.5, 0.6) is 0 Å². The number of carbonyl (C=O) groups is 1. The van der Waals surface area contributed by atoms with Gasteiger partial charge in [-0.05, 0) is 50.3 Å². The monoisotopic (exact) mass is 513 g/mol. The number of rotatable bonds is 6. The number of ether oxygens (including phenoxy) is 1. The second-order valence-corrected chi connectivity index (χ2v) is 9.88. The minimum Gasteiger partial charge on any atom is -0.462 e. The Bertz CT molecular complexity index is 1190. The highest BCUT2D eigenvalue weighted by Gasteiger charge is 2.26. The van der Waals surface area contributed by atoms with E-state index in [-0.39, 0.29) is 5.97 Å². The van der Waals surface area contributed by atoms with Crippen molar-refractivity contribution < 1.29 is 9.53 Å². The molecule has 158 valence electrons. The molecule has 0 bridgehead atoms. The fourth-order valence-electron chi connectivity index (χ4n) is 3.54. The maximum atomic E-state index is 12.6. The quantitative estimate of drug-likeness (QED) is 0.294. The Balaban J connectivity index is 1.62. The molecule has 0 aliphatic heterocycles. The zero-order chi connectivity index (χ0) is 21.8. The van der Waals surface area contributed by atoms with Gasteiger partial charge >= 0.3 is 5.97 Å². The number of nitrogens with one attached hydrogen (secondary N) is 1. The highest BCUT2D eigenvalue weighted by atomic mass is 79.9. The van der Waals surface area contributed by atoms with Crippen molar-refractivity contribution in [1.29, 1.82) is 5.26 Å². The summed E-state index contributed by atoms with van der Waals surface area (Å²) in [5.74, 6) is -0.303. The lowest BCUT2D eigenvalue weighted by Crippen LogP contribution is -2.10. The number of esters is 1. The minimum atomic E-state index is -0.303. The molecule has 0 fully saturated rings. The van der Waals surface area contributed by atoms with Crippen LogP contribution in [0.4, 0.5) is 5.00 Å². The van der Waals surface area contributed by atoms with Gasteiger partial charge in [-0.2, -0.15) is 5.26 Å². The van der Waals surface area contributed by atoms with E-state index in [0.29, 0.717) is 22.8 Å². The lowest BCUT2D eigenvalue weighted by Gasteiger charge is -2.12. The number of halogens is 1. The molecule has 1 aliphatic rings. The summed E-state index contributed by atoms with van der Waals surface area (Å²) in [5, 5.41) is 16.2. The van der Waals surface area contributed by atoms with Gasteiger partial charge in [0.05, 0.1) is 17.9 Å². The third-order valence-electron chi connectivity index (χ3n) is 4.97. The van der Waals surface area contributed by atoms with Crippen molar-refractivity contribution in [2.45, 2.75) is 32.6 Å². The molecule has 4 rings (SSSR count). The molecule has 0 spiro atoms. The number of aryl methyl sites for hydroxylation is 1. The summed E-state index contributed by atoms with van der Waals surface area (Å²) in [5.41, 5.74) is 3.94. The van der Waals surface area contributed by atoms with Crippen LogP contribution in [0.15, 0.2) is 40.3 Å². The van der Waals surface area contributed by atoms with Gasteiger partial charge in [0.25, 0.3) is 0 Å². The highest BCUT2D eigenvalue weighted by Crippen LogP contribution is 2.39. The average molecular weight is 514 g/mol. The topological polar surface area (TPSA) is 75.0 Å². The van der Waals surface area contributed by atoms with Gasteiger partial charge in [0, 0.05) is 26.5 Å². The number of hydrogen-bond acceptors (Lipinski definition) is 7. The molecule has 0 saturated carbocycles. The SMILES string of the molecule is CCOC(=O)c1c(NC=C(C#N)c2nc(-c3cccc(Br)c3)cs2)sc2c1CCCC2. The van der Waals surface area contributed by atoms with E-state index in [1.54, 1.807) is 17.5 Å². The molecule has 31 heavy (non-hydrogen) atoms. The number of anilines is 1. The smallest absolute Gasteiger partial charge is 0.341 e. The van der Waals surface area contributed by atoms with Gasteiger partial charge in [-0.1, -0.05) is 28.1 Å². The Morgan fingerprint density at radius 1 is 1.39 bits per heavy atom. The van der Waals surface area contributed by atoms with E-state index in [1.807, 2.05) is 36.6 Å². The van der Waals surface area contributed by atoms with E-state index < -0.39 is 0 Å². The molecule has 8 heteroatoms. The van der Waals surface area contributed by atoms with Crippen LogP contribution in [0, 0.1) is 11.3 Å². The molecular weight excluding hydrogens is 494 g/mol. The third kappa shape index (κ3) is 4.74. The van der Waals surface area contributed by atoms with Gasteiger partial charge in [0.15, 0.2) is 0 Å². The van der Waals surface area contributed by atoms with E-state index in [2.05, 4.69) is 32.3 Å². The van der Waals surface area contributed by atoms with E-state index in [1.165, 1.54) is 16.2 Å². The molecule has 0 unspecified atom stereocenters. The maximum absolute atomic E-state index is 12.6. The van der Waals surface area contributed by atoms with Crippen LogP contribution in [-0.4, -0.2) is 17.6 Å². The molecule has 2 aromatic heterocycles.